The van der Waals surface area contributed by atoms with Gasteiger partial charge in [-0.3, -0.25) is 4.79 Å². The maximum atomic E-state index is 11.5. The minimum absolute atomic E-state index is 0.137. The quantitative estimate of drug-likeness (QED) is 0.462. The third kappa shape index (κ3) is 3.62. The third-order valence-electron chi connectivity index (χ3n) is 1.67. The molecule has 0 atom stereocenters. The van der Waals surface area contributed by atoms with Crippen molar-refractivity contribution < 1.29 is 4.79 Å². The van der Waals surface area contributed by atoms with Gasteiger partial charge in [0.25, 0.3) is 0 Å². The van der Waals surface area contributed by atoms with Crippen LogP contribution in [0.5, 0.6) is 0 Å². The minimum atomic E-state index is 0.137. The first-order chi connectivity index (χ1) is 6.74. The van der Waals surface area contributed by atoms with E-state index in [-0.39, 0.29) is 5.78 Å². The van der Waals surface area contributed by atoms with Crippen molar-refractivity contribution in [2.24, 2.45) is 0 Å². The van der Waals surface area contributed by atoms with Crippen molar-refractivity contribution in [3.8, 4) is 0 Å². The molecule has 0 spiro atoms. The number of carbonyl (C=O) groups excluding carboxylic acids is 1. The molecule has 0 aliphatic carbocycles. The smallest absolute Gasteiger partial charge is 0.174 e. The molecular weight excluding hydrogens is 218 g/mol. The van der Waals surface area contributed by atoms with Gasteiger partial charge in [0.1, 0.15) is 0 Å². The van der Waals surface area contributed by atoms with Crippen molar-refractivity contribution in [3.05, 3.63) is 34.0 Å². The van der Waals surface area contributed by atoms with Gasteiger partial charge in [-0.05, 0) is 12.1 Å². The second kappa shape index (κ2) is 5.96. The van der Waals surface area contributed by atoms with Gasteiger partial charge in [0, 0.05) is 19.5 Å². The van der Waals surface area contributed by atoms with E-state index >= 15 is 0 Å². The van der Waals surface area contributed by atoms with Gasteiger partial charge in [0.2, 0.25) is 0 Å². The second-order valence-corrected chi connectivity index (χ2v) is 4.48. The van der Waals surface area contributed by atoms with E-state index in [0.29, 0.717) is 17.3 Å². The molecule has 0 bridgehead atoms. The maximum Gasteiger partial charge on any atom is 0.174 e. The first-order valence-electron chi connectivity index (χ1n) is 4.34. The van der Waals surface area contributed by atoms with Crippen LogP contribution in [0.4, 0.5) is 0 Å². The molecule has 0 unspecified atom stereocenters. The summed E-state index contributed by atoms with van der Waals surface area (Å²) in [6, 6.07) is 3.51. The van der Waals surface area contributed by atoms with E-state index in [1.807, 2.05) is 0 Å². The number of hydrogen-bond donors (Lipinski definition) is 1. The number of nitrogens with one attached hydrogen (secondary N) is 1. The Morgan fingerprint density at radius 1 is 1.64 bits per heavy atom. The average molecular weight is 230 g/mol. The van der Waals surface area contributed by atoms with Crippen LogP contribution in [-0.4, -0.2) is 18.9 Å². The van der Waals surface area contributed by atoms with Crippen molar-refractivity contribution in [1.29, 1.82) is 0 Å². The molecule has 0 aliphatic heterocycles. The van der Waals surface area contributed by atoms with Gasteiger partial charge >= 0.3 is 0 Å². The molecule has 1 aromatic heterocycles. The molecule has 76 valence electrons. The van der Waals surface area contributed by atoms with Gasteiger partial charge in [-0.25, -0.2) is 0 Å². The molecule has 0 fully saturated rings. The highest BCUT2D eigenvalue weighted by molar-refractivity contribution is 7.18. The zero-order valence-corrected chi connectivity index (χ0v) is 9.33. The largest absolute Gasteiger partial charge is 0.313 e. The van der Waals surface area contributed by atoms with Gasteiger partial charge < -0.3 is 5.32 Å². The molecule has 1 N–H and O–H groups in total. The Labute approximate surface area is 92.6 Å². The van der Waals surface area contributed by atoms with Crippen LogP contribution >= 0.6 is 22.9 Å². The lowest BCUT2D eigenvalue weighted by Gasteiger charge is -1.98. The summed E-state index contributed by atoms with van der Waals surface area (Å²) in [5.41, 5.74) is 0. The third-order valence-corrected chi connectivity index (χ3v) is 2.94. The molecule has 0 radical (unpaired) electrons. The van der Waals surface area contributed by atoms with Crippen molar-refractivity contribution in [2.45, 2.75) is 6.42 Å². The lowest BCUT2D eigenvalue weighted by Crippen LogP contribution is -2.17. The molecule has 1 aromatic rings. The Kier molecular flexibility index (Phi) is 4.87. The van der Waals surface area contributed by atoms with E-state index < -0.39 is 0 Å². The highest BCUT2D eigenvalue weighted by atomic mass is 35.5. The zero-order chi connectivity index (χ0) is 10.4. The standard InChI is InChI=1S/C10H12ClNOS/c1-2-6-12-7-5-8(13)9-3-4-10(11)14-9/h2-4,12H,1,5-7H2. The number of thiophene rings is 1. The predicted octanol–water partition coefficient (Wildman–Crippen LogP) is 2.75. The molecule has 0 amide bonds. The van der Waals surface area contributed by atoms with E-state index in [4.69, 9.17) is 11.6 Å². The predicted molar refractivity (Wildman–Crippen MR) is 61.3 cm³/mol. The molecule has 1 rings (SSSR count). The molecule has 14 heavy (non-hydrogen) atoms. The van der Waals surface area contributed by atoms with Crippen LogP contribution in [0.1, 0.15) is 16.1 Å². The summed E-state index contributed by atoms with van der Waals surface area (Å²) in [6.45, 7) is 4.99. The van der Waals surface area contributed by atoms with Crippen molar-refractivity contribution >= 4 is 28.7 Å². The Bertz CT molecular complexity index is 322. The average Bonchev–Trinajstić information content (AvgIpc) is 2.59. The molecule has 1 heterocycles. The van der Waals surface area contributed by atoms with Crippen LogP contribution in [0.2, 0.25) is 4.34 Å². The summed E-state index contributed by atoms with van der Waals surface area (Å²) in [5, 5.41) is 3.08. The van der Waals surface area contributed by atoms with Gasteiger partial charge in [0.05, 0.1) is 9.21 Å². The molecule has 4 heteroatoms. The fraction of sp³-hybridized carbons (Fsp3) is 0.300. The van der Waals surface area contributed by atoms with Crippen LogP contribution in [-0.2, 0) is 0 Å². The highest BCUT2D eigenvalue weighted by Gasteiger charge is 2.07. The maximum absolute atomic E-state index is 11.5. The van der Waals surface area contributed by atoms with Gasteiger partial charge in [-0.1, -0.05) is 17.7 Å². The monoisotopic (exact) mass is 229 g/mol. The van der Waals surface area contributed by atoms with Crippen LogP contribution in [0, 0.1) is 0 Å². The SMILES string of the molecule is C=CCNCCC(=O)c1ccc(Cl)s1. The molecule has 0 aliphatic rings. The fourth-order valence-electron chi connectivity index (χ4n) is 0.993. The van der Waals surface area contributed by atoms with Crippen molar-refractivity contribution in [1.82, 2.24) is 5.32 Å². The minimum Gasteiger partial charge on any atom is -0.313 e. The summed E-state index contributed by atoms with van der Waals surface area (Å²) >= 11 is 7.05. The molecule has 2 nitrogen and oxygen atoms in total. The number of ketones is 1. The normalized spacial score (nSPS) is 10.1. The van der Waals surface area contributed by atoms with Crippen LogP contribution < -0.4 is 5.32 Å². The number of Topliss-reactive ketones (excluding diaryl/α,β-unsaturated/α-hetero) is 1. The summed E-state index contributed by atoms with van der Waals surface area (Å²) in [4.78, 5) is 12.2. The fourth-order valence-corrected chi connectivity index (χ4v) is 2.00. The Morgan fingerprint density at radius 2 is 2.43 bits per heavy atom. The Hall–Kier alpha value is -0.640. The molecular formula is C10H12ClNOS. The first kappa shape index (κ1) is 11.4. The van der Waals surface area contributed by atoms with Crippen LogP contribution in [0.3, 0.4) is 0 Å². The van der Waals surface area contributed by atoms with Crippen LogP contribution in [0.15, 0.2) is 24.8 Å². The highest BCUT2D eigenvalue weighted by Crippen LogP contribution is 2.22. The topological polar surface area (TPSA) is 29.1 Å². The number of hydrogen-bond acceptors (Lipinski definition) is 3. The van der Waals surface area contributed by atoms with E-state index in [1.165, 1.54) is 11.3 Å². The Balaban J connectivity index is 2.32. The molecule has 0 saturated carbocycles. The van der Waals surface area contributed by atoms with Gasteiger partial charge in [-0.15, -0.1) is 17.9 Å². The molecule has 0 aromatic carbocycles. The molecule has 0 saturated heterocycles. The summed E-state index contributed by atoms with van der Waals surface area (Å²) in [5.74, 6) is 0.137. The van der Waals surface area contributed by atoms with Crippen molar-refractivity contribution in [3.63, 3.8) is 0 Å². The summed E-state index contributed by atoms with van der Waals surface area (Å²) < 4.78 is 0.660. The van der Waals surface area contributed by atoms with E-state index in [0.717, 1.165) is 11.4 Å². The second-order valence-electron chi connectivity index (χ2n) is 2.77. The summed E-state index contributed by atoms with van der Waals surface area (Å²) in [6.07, 6.45) is 2.27. The first-order valence-corrected chi connectivity index (χ1v) is 5.53. The van der Waals surface area contributed by atoms with Gasteiger partial charge in [-0.2, -0.15) is 0 Å². The van der Waals surface area contributed by atoms with Crippen LogP contribution in [0.25, 0.3) is 0 Å². The zero-order valence-electron chi connectivity index (χ0n) is 7.75. The lowest BCUT2D eigenvalue weighted by molar-refractivity contribution is 0.0987. The Morgan fingerprint density at radius 3 is 3.00 bits per heavy atom. The number of carbonyl (C=O) groups is 1. The van der Waals surface area contributed by atoms with Crippen molar-refractivity contribution in [2.75, 3.05) is 13.1 Å². The van der Waals surface area contributed by atoms with E-state index in [9.17, 15) is 4.79 Å². The number of halogens is 1. The van der Waals surface area contributed by atoms with E-state index in [1.54, 1.807) is 18.2 Å². The number of rotatable bonds is 6. The lowest BCUT2D eigenvalue weighted by atomic mass is 10.2. The summed E-state index contributed by atoms with van der Waals surface area (Å²) in [7, 11) is 0. The van der Waals surface area contributed by atoms with Gasteiger partial charge in [0.15, 0.2) is 5.78 Å². The van der Waals surface area contributed by atoms with E-state index in [2.05, 4.69) is 11.9 Å².